The van der Waals surface area contributed by atoms with E-state index in [9.17, 15) is 4.79 Å². The Morgan fingerprint density at radius 2 is 1.88 bits per heavy atom. The van der Waals surface area contributed by atoms with Crippen molar-refractivity contribution in [2.75, 3.05) is 5.75 Å². The fourth-order valence-corrected chi connectivity index (χ4v) is 4.21. The summed E-state index contributed by atoms with van der Waals surface area (Å²) in [5, 5.41) is 3.11. The average Bonchev–Trinajstić information content (AvgIpc) is 2.53. The van der Waals surface area contributed by atoms with E-state index in [1.807, 2.05) is 32.5 Å². The van der Waals surface area contributed by atoms with E-state index in [2.05, 4.69) is 36.5 Å². The number of thioether (sulfide) groups is 1. The summed E-state index contributed by atoms with van der Waals surface area (Å²) in [5.41, 5.74) is 0.936. The molecule has 2 rings (SSSR count). The Hall–Kier alpha value is -1.16. The molecule has 3 nitrogen and oxygen atoms in total. The molecule has 1 fully saturated rings. The van der Waals surface area contributed by atoms with Crippen molar-refractivity contribution in [3.05, 3.63) is 29.8 Å². The van der Waals surface area contributed by atoms with Gasteiger partial charge in [-0.2, -0.15) is 0 Å². The van der Waals surface area contributed by atoms with Crippen LogP contribution in [-0.4, -0.2) is 23.5 Å². The van der Waals surface area contributed by atoms with E-state index in [-0.39, 0.29) is 12.1 Å². The Labute approximate surface area is 150 Å². The van der Waals surface area contributed by atoms with Crippen molar-refractivity contribution in [3.8, 4) is 0 Å². The molecule has 1 aromatic rings. The highest BCUT2D eigenvalue weighted by atomic mass is 32.2. The molecule has 134 valence electrons. The van der Waals surface area contributed by atoms with E-state index in [1.165, 1.54) is 29.7 Å². The normalized spacial score (nSPS) is 21.3. The molecule has 1 amide bonds. The minimum Gasteiger partial charge on any atom is -0.444 e. The van der Waals surface area contributed by atoms with Crippen LogP contribution in [0.5, 0.6) is 0 Å². The lowest BCUT2D eigenvalue weighted by atomic mass is 9.86. The Balaban J connectivity index is 1.87. The van der Waals surface area contributed by atoms with Crippen molar-refractivity contribution >= 4 is 17.9 Å². The standard InChI is InChI=1S/C20H31NO2S/c1-5-15-10-12-17(13-11-15)24-14-16-8-6-7-9-18(16)21-19(22)23-20(2,3)4/h10-13,16,18H,5-9,14H2,1-4H3,(H,21,22)/t16-,18+/m1/s1. The van der Waals surface area contributed by atoms with Gasteiger partial charge in [0.25, 0.3) is 0 Å². The molecule has 0 aromatic heterocycles. The maximum absolute atomic E-state index is 12.1. The van der Waals surface area contributed by atoms with Crippen LogP contribution < -0.4 is 5.32 Å². The number of carbonyl (C=O) groups is 1. The third-order valence-electron chi connectivity index (χ3n) is 4.41. The molecule has 4 heteroatoms. The topological polar surface area (TPSA) is 38.3 Å². The van der Waals surface area contributed by atoms with Crippen molar-refractivity contribution in [3.63, 3.8) is 0 Å². The van der Waals surface area contributed by atoms with Crippen LogP contribution in [0.15, 0.2) is 29.2 Å². The molecule has 1 aromatic carbocycles. The van der Waals surface area contributed by atoms with Crippen LogP contribution in [0.4, 0.5) is 4.79 Å². The highest BCUT2D eigenvalue weighted by Crippen LogP contribution is 2.31. The summed E-state index contributed by atoms with van der Waals surface area (Å²) >= 11 is 1.90. The molecule has 24 heavy (non-hydrogen) atoms. The zero-order valence-corrected chi connectivity index (χ0v) is 16.2. The molecule has 0 heterocycles. The predicted molar refractivity (Wildman–Crippen MR) is 102 cm³/mol. The van der Waals surface area contributed by atoms with Gasteiger partial charge in [-0.3, -0.25) is 0 Å². The lowest BCUT2D eigenvalue weighted by molar-refractivity contribution is 0.0474. The van der Waals surface area contributed by atoms with Crippen molar-refractivity contribution in [1.29, 1.82) is 0 Å². The second kappa shape index (κ2) is 8.80. The maximum atomic E-state index is 12.1. The second-order valence-corrected chi connectivity index (χ2v) is 8.70. The third-order valence-corrected chi connectivity index (χ3v) is 5.61. The van der Waals surface area contributed by atoms with Gasteiger partial charge in [-0.15, -0.1) is 11.8 Å². The fraction of sp³-hybridized carbons (Fsp3) is 0.650. The zero-order valence-electron chi connectivity index (χ0n) is 15.4. The molecule has 0 spiro atoms. The van der Waals surface area contributed by atoms with Gasteiger partial charge in [0.15, 0.2) is 0 Å². The van der Waals surface area contributed by atoms with Gasteiger partial charge in [0.1, 0.15) is 5.60 Å². The van der Waals surface area contributed by atoms with E-state index >= 15 is 0 Å². The van der Waals surface area contributed by atoms with Crippen molar-refractivity contribution in [2.45, 2.75) is 76.3 Å². The summed E-state index contributed by atoms with van der Waals surface area (Å²) < 4.78 is 5.42. The number of hydrogen-bond donors (Lipinski definition) is 1. The maximum Gasteiger partial charge on any atom is 0.407 e. The molecule has 1 saturated carbocycles. The van der Waals surface area contributed by atoms with E-state index in [1.54, 1.807) is 0 Å². The van der Waals surface area contributed by atoms with Crippen LogP contribution >= 0.6 is 11.8 Å². The van der Waals surface area contributed by atoms with Crippen LogP contribution in [0.25, 0.3) is 0 Å². The number of hydrogen-bond acceptors (Lipinski definition) is 3. The molecule has 1 N–H and O–H groups in total. The SMILES string of the molecule is CCc1ccc(SC[C@H]2CCCC[C@@H]2NC(=O)OC(C)(C)C)cc1. The van der Waals surface area contributed by atoms with Gasteiger partial charge in [0, 0.05) is 16.7 Å². The second-order valence-electron chi connectivity index (χ2n) is 7.61. The van der Waals surface area contributed by atoms with Crippen molar-refractivity contribution < 1.29 is 9.53 Å². The number of aryl methyl sites for hydroxylation is 1. The molecule has 1 aliphatic carbocycles. The molecular weight excluding hydrogens is 318 g/mol. The highest BCUT2D eigenvalue weighted by molar-refractivity contribution is 7.99. The largest absolute Gasteiger partial charge is 0.444 e. The molecule has 0 aliphatic heterocycles. The molecule has 0 radical (unpaired) electrons. The number of carbonyl (C=O) groups excluding carboxylic acids is 1. The summed E-state index contributed by atoms with van der Waals surface area (Å²) in [4.78, 5) is 13.4. The molecule has 0 unspecified atom stereocenters. The molecular formula is C20H31NO2S. The van der Waals surface area contributed by atoms with Gasteiger partial charge in [-0.25, -0.2) is 4.79 Å². The van der Waals surface area contributed by atoms with Crippen LogP contribution in [0.2, 0.25) is 0 Å². The van der Waals surface area contributed by atoms with Gasteiger partial charge < -0.3 is 10.1 Å². The first-order valence-electron chi connectivity index (χ1n) is 9.08. The first kappa shape index (κ1) is 19.2. The summed E-state index contributed by atoms with van der Waals surface area (Å²) in [7, 11) is 0. The van der Waals surface area contributed by atoms with Gasteiger partial charge in [0.2, 0.25) is 0 Å². The Morgan fingerprint density at radius 3 is 2.50 bits per heavy atom. The number of rotatable bonds is 5. The van der Waals surface area contributed by atoms with Crippen molar-refractivity contribution in [1.82, 2.24) is 5.32 Å². The zero-order chi connectivity index (χ0) is 17.6. The van der Waals surface area contributed by atoms with E-state index in [4.69, 9.17) is 4.74 Å². The van der Waals surface area contributed by atoms with E-state index < -0.39 is 5.60 Å². The van der Waals surface area contributed by atoms with E-state index in [0.29, 0.717) is 5.92 Å². The molecule has 2 atom stereocenters. The summed E-state index contributed by atoms with van der Waals surface area (Å²) in [6, 6.07) is 9.07. The number of alkyl carbamates (subject to hydrolysis) is 1. The Morgan fingerprint density at radius 1 is 1.21 bits per heavy atom. The summed E-state index contributed by atoms with van der Waals surface area (Å²) in [5.74, 6) is 1.56. The van der Waals surface area contributed by atoms with Crippen LogP contribution in [0.3, 0.4) is 0 Å². The third kappa shape index (κ3) is 6.39. The van der Waals surface area contributed by atoms with Crippen molar-refractivity contribution in [2.24, 2.45) is 5.92 Å². The number of nitrogens with one attached hydrogen (secondary N) is 1. The molecule has 0 saturated heterocycles. The summed E-state index contributed by atoms with van der Waals surface area (Å²) in [6.07, 6.45) is 5.48. The van der Waals surface area contributed by atoms with Gasteiger partial charge in [-0.1, -0.05) is 31.9 Å². The number of amides is 1. The average molecular weight is 350 g/mol. The lowest BCUT2D eigenvalue weighted by Crippen LogP contribution is -2.45. The van der Waals surface area contributed by atoms with Crippen LogP contribution in [-0.2, 0) is 11.2 Å². The first-order valence-corrected chi connectivity index (χ1v) is 10.1. The minimum atomic E-state index is -0.440. The highest BCUT2D eigenvalue weighted by Gasteiger charge is 2.28. The van der Waals surface area contributed by atoms with E-state index in [0.717, 1.165) is 18.6 Å². The minimum absolute atomic E-state index is 0.232. The first-order chi connectivity index (χ1) is 11.4. The monoisotopic (exact) mass is 349 g/mol. The number of benzene rings is 1. The fourth-order valence-electron chi connectivity index (χ4n) is 3.08. The smallest absolute Gasteiger partial charge is 0.407 e. The van der Waals surface area contributed by atoms with Gasteiger partial charge in [0.05, 0.1) is 0 Å². The van der Waals surface area contributed by atoms with Gasteiger partial charge >= 0.3 is 6.09 Å². The lowest BCUT2D eigenvalue weighted by Gasteiger charge is -2.32. The van der Waals surface area contributed by atoms with Crippen LogP contribution in [0.1, 0.15) is 58.9 Å². The molecule has 1 aliphatic rings. The number of ether oxygens (including phenoxy) is 1. The summed E-state index contributed by atoms with van der Waals surface area (Å²) in [6.45, 7) is 7.89. The predicted octanol–water partition coefficient (Wildman–Crippen LogP) is 5.42. The molecule has 0 bridgehead atoms. The Bertz CT molecular complexity index is 521. The van der Waals surface area contributed by atoms with Crippen LogP contribution in [0, 0.1) is 5.92 Å². The Kier molecular flexibility index (Phi) is 7.02. The van der Waals surface area contributed by atoms with Gasteiger partial charge in [-0.05, 0) is 63.6 Å². The quantitative estimate of drug-likeness (QED) is 0.721.